The van der Waals surface area contributed by atoms with E-state index in [0.29, 0.717) is 19.4 Å². The smallest absolute Gasteiger partial charge is 0.128 e. The highest BCUT2D eigenvalue weighted by molar-refractivity contribution is 5.86. The lowest BCUT2D eigenvalue weighted by Crippen LogP contribution is -2.46. The summed E-state index contributed by atoms with van der Waals surface area (Å²) in [4.78, 5) is 5.38. The molecule has 5 rings (SSSR count). The molecule has 0 aliphatic carbocycles. The van der Waals surface area contributed by atoms with E-state index in [4.69, 9.17) is 4.74 Å². The lowest BCUT2D eigenvalue weighted by molar-refractivity contribution is -0.0362. The number of likely N-dealkylation sites (tertiary alicyclic amines) is 1. The van der Waals surface area contributed by atoms with Gasteiger partial charge in [-0.3, -0.25) is 0 Å². The highest BCUT2D eigenvalue weighted by atomic mass is 16.5. The van der Waals surface area contributed by atoms with Crippen LogP contribution in [0.5, 0.6) is 5.75 Å². The Morgan fingerprint density at radius 3 is 2.58 bits per heavy atom. The van der Waals surface area contributed by atoms with Crippen molar-refractivity contribution in [2.45, 2.75) is 24.5 Å². The molecule has 3 aromatic carbocycles. The fourth-order valence-corrected chi connectivity index (χ4v) is 4.73. The van der Waals surface area contributed by atoms with E-state index >= 15 is 0 Å². The summed E-state index contributed by atoms with van der Waals surface area (Å²) in [6.45, 7) is 2.26. The molecule has 0 radical (unpaired) electrons. The average Bonchev–Trinajstić information content (AvgIpc) is 3.28. The zero-order valence-corrected chi connectivity index (χ0v) is 17.5. The van der Waals surface area contributed by atoms with Gasteiger partial charge >= 0.3 is 0 Å². The third kappa shape index (κ3) is 4.04. The van der Waals surface area contributed by atoms with Gasteiger partial charge in [0.15, 0.2) is 0 Å². The minimum atomic E-state index is -0.831. The first kappa shape index (κ1) is 20.1. The van der Waals surface area contributed by atoms with E-state index in [0.717, 1.165) is 46.1 Å². The number of benzene rings is 3. The Morgan fingerprint density at radius 2 is 1.71 bits per heavy atom. The molecular formula is C26H28N2O3. The van der Waals surface area contributed by atoms with Gasteiger partial charge in [-0.05, 0) is 47.4 Å². The number of aliphatic hydroxyl groups is 2. The van der Waals surface area contributed by atoms with Gasteiger partial charge in [-0.2, -0.15) is 0 Å². The van der Waals surface area contributed by atoms with E-state index in [1.54, 1.807) is 0 Å². The van der Waals surface area contributed by atoms with Crippen molar-refractivity contribution in [1.29, 1.82) is 0 Å². The van der Waals surface area contributed by atoms with E-state index in [-0.39, 0.29) is 6.61 Å². The summed E-state index contributed by atoms with van der Waals surface area (Å²) < 4.78 is 5.89. The molecule has 1 aromatic heterocycles. The van der Waals surface area contributed by atoms with Crippen LogP contribution in [0.2, 0.25) is 0 Å². The Labute approximate surface area is 181 Å². The number of β-amino-alcohol motifs (C(OH)–C–C–N with tert-alkyl or cyclic N) is 1. The van der Waals surface area contributed by atoms with Gasteiger partial charge in [0.05, 0.1) is 5.60 Å². The van der Waals surface area contributed by atoms with Gasteiger partial charge < -0.3 is 24.8 Å². The molecule has 1 aliphatic rings. The number of rotatable bonds is 6. The molecule has 1 aliphatic heterocycles. The van der Waals surface area contributed by atoms with Crippen LogP contribution in [0.1, 0.15) is 18.4 Å². The van der Waals surface area contributed by atoms with Gasteiger partial charge in [-0.1, -0.05) is 48.5 Å². The van der Waals surface area contributed by atoms with Crippen molar-refractivity contribution < 1.29 is 14.9 Å². The van der Waals surface area contributed by atoms with Gasteiger partial charge in [0.1, 0.15) is 18.5 Å². The van der Waals surface area contributed by atoms with Crippen molar-refractivity contribution in [3.05, 3.63) is 78.5 Å². The Balaban J connectivity index is 1.19. The summed E-state index contributed by atoms with van der Waals surface area (Å²) >= 11 is 0. The number of fused-ring (bicyclic) bond motifs is 2. The van der Waals surface area contributed by atoms with Crippen LogP contribution < -0.4 is 4.74 Å². The highest BCUT2D eigenvalue weighted by Crippen LogP contribution is 2.37. The Bertz CT molecular complexity index is 1170. The Morgan fingerprint density at radius 1 is 0.935 bits per heavy atom. The number of nitrogens with one attached hydrogen (secondary N) is 1. The molecule has 31 heavy (non-hydrogen) atoms. The predicted molar refractivity (Wildman–Crippen MR) is 123 cm³/mol. The molecule has 4 aromatic rings. The third-order valence-electron chi connectivity index (χ3n) is 6.43. The van der Waals surface area contributed by atoms with Gasteiger partial charge in [0.25, 0.3) is 0 Å². The quantitative estimate of drug-likeness (QED) is 0.444. The fourth-order valence-electron chi connectivity index (χ4n) is 4.73. The maximum absolute atomic E-state index is 11.4. The Hall–Kier alpha value is -2.86. The molecule has 0 saturated carbocycles. The topological polar surface area (TPSA) is 68.7 Å². The summed E-state index contributed by atoms with van der Waals surface area (Å²) in [5.74, 6) is 0.779. The molecule has 2 heterocycles. The van der Waals surface area contributed by atoms with Crippen LogP contribution in [0, 0.1) is 0 Å². The maximum atomic E-state index is 11.4. The van der Waals surface area contributed by atoms with Crippen LogP contribution in [0.4, 0.5) is 0 Å². The van der Waals surface area contributed by atoms with Gasteiger partial charge in [0, 0.05) is 36.7 Å². The predicted octanol–water partition coefficient (Wildman–Crippen LogP) is 4.04. The first-order valence-corrected chi connectivity index (χ1v) is 10.9. The first-order chi connectivity index (χ1) is 15.1. The number of aliphatic hydroxyl groups excluding tert-OH is 1. The van der Waals surface area contributed by atoms with E-state index < -0.39 is 11.7 Å². The second kappa shape index (κ2) is 8.35. The van der Waals surface area contributed by atoms with Crippen molar-refractivity contribution in [3.63, 3.8) is 0 Å². The van der Waals surface area contributed by atoms with Crippen molar-refractivity contribution in [2.75, 3.05) is 26.2 Å². The number of H-pyrrole nitrogens is 1. The van der Waals surface area contributed by atoms with Crippen LogP contribution in [-0.2, 0) is 5.60 Å². The summed E-state index contributed by atoms with van der Waals surface area (Å²) in [5, 5.41) is 25.2. The molecule has 5 heteroatoms. The molecule has 5 nitrogen and oxygen atoms in total. The SMILES string of the molecule is O[C@H](COc1cccc2[nH]ccc12)CN1CCC(O)(c2cccc3ccccc23)CC1. The highest BCUT2D eigenvalue weighted by Gasteiger charge is 2.35. The summed E-state index contributed by atoms with van der Waals surface area (Å²) in [6.07, 6.45) is 2.60. The summed E-state index contributed by atoms with van der Waals surface area (Å²) in [7, 11) is 0. The monoisotopic (exact) mass is 416 g/mol. The van der Waals surface area contributed by atoms with E-state index in [2.05, 4.69) is 28.1 Å². The molecule has 0 bridgehead atoms. The molecule has 1 atom stereocenters. The molecular weight excluding hydrogens is 388 g/mol. The van der Waals surface area contributed by atoms with Crippen molar-refractivity contribution in [1.82, 2.24) is 9.88 Å². The molecule has 0 spiro atoms. The lowest BCUT2D eigenvalue weighted by Gasteiger charge is -2.39. The number of hydrogen-bond donors (Lipinski definition) is 3. The minimum absolute atomic E-state index is 0.244. The van der Waals surface area contributed by atoms with Crippen LogP contribution in [0.15, 0.2) is 72.9 Å². The number of aromatic nitrogens is 1. The normalized spacial score (nSPS) is 17.7. The molecule has 0 amide bonds. The first-order valence-electron chi connectivity index (χ1n) is 10.9. The van der Waals surface area contributed by atoms with Gasteiger partial charge in [-0.15, -0.1) is 0 Å². The number of piperidine rings is 1. The Kier molecular flexibility index (Phi) is 5.40. The second-order valence-electron chi connectivity index (χ2n) is 8.52. The van der Waals surface area contributed by atoms with Crippen molar-refractivity contribution in [3.8, 4) is 5.75 Å². The van der Waals surface area contributed by atoms with Crippen molar-refractivity contribution >= 4 is 21.7 Å². The third-order valence-corrected chi connectivity index (χ3v) is 6.43. The van der Waals surface area contributed by atoms with E-state index in [1.807, 2.05) is 54.7 Å². The fraction of sp³-hybridized carbons (Fsp3) is 0.308. The van der Waals surface area contributed by atoms with Gasteiger partial charge in [-0.25, -0.2) is 0 Å². The molecule has 0 unspecified atom stereocenters. The largest absolute Gasteiger partial charge is 0.490 e. The standard InChI is InChI=1S/C26H28N2O3/c29-20(18-31-25-10-4-9-24-22(25)11-14-27-24)17-28-15-12-26(30,13-16-28)23-8-3-6-19-5-1-2-7-21(19)23/h1-11,14,20,27,29-30H,12-13,15-18H2/t20-/m0/s1. The van der Waals surface area contributed by atoms with E-state index in [1.165, 1.54) is 0 Å². The number of hydrogen-bond acceptors (Lipinski definition) is 4. The van der Waals surface area contributed by atoms with Gasteiger partial charge in [0.2, 0.25) is 0 Å². The average molecular weight is 417 g/mol. The van der Waals surface area contributed by atoms with Crippen LogP contribution in [-0.4, -0.2) is 52.4 Å². The summed E-state index contributed by atoms with van der Waals surface area (Å²) in [6, 6.07) is 22.2. The molecule has 1 fully saturated rings. The van der Waals surface area contributed by atoms with Crippen LogP contribution in [0.25, 0.3) is 21.7 Å². The number of ether oxygens (including phenoxy) is 1. The minimum Gasteiger partial charge on any atom is -0.490 e. The maximum Gasteiger partial charge on any atom is 0.128 e. The molecule has 160 valence electrons. The number of aromatic amines is 1. The van der Waals surface area contributed by atoms with Crippen molar-refractivity contribution in [2.24, 2.45) is 0 Å². The number of nitrogens with zero attached hydrogens (tertiary/aromatic N) is 1. The zero-order valence-electron chi connectivity index (χ0n) is 17.5. The molecule has 1 saturated heterocycles. The molecule has 3 N–H and O–H groups in total. The van der Waals surface area contributed by atoms with Crippen LogP contribution in [0.3, 0.4) is 0 Å². The summed E-state index contributed by atoms with van der Waals surface area (Å²) in [5.41, 5.74) is 1.20. The lowest BCUT2D eigenvalue weighted by atomic mass is 9.82. The van der Waals surface area contributed by atoms with E-state index in [9.17, 15) is 10.2 Å². The zero-order chi connectivity index (χ0) is 21.3. The van der Waals surface area contributed by atoms with Crippen LogP contribution >= 0.6 is 0 Å². The second-order valence-corrected chi connectivity index (χ2v) is 8.52.